The Balaban J connectivity index is 0.000000515. The first-order chi connectivity index (χ1) is 12.7. The van der Waals surface area contributed by atoms with Gasteiger partial charge < -0.3 is 9.97 Å². The van der Waals surface area contributed by atoms with Crippen LogP contribution in [0.1, 0.15) is 52.7 Å². The molecule has 2 nitrogen and oxygen atoms in total. The van der Waals surface area contributed by atoms with Crippen molar-refractivity contribution >= 4 is 21.8 Å². The van der Waals surface area contributed by atoms with Crippen LogP contribution < -0.4 is 0 Å². The largest absolute Gasteiger partial charge is 0.361 e. The summed E-state index contributed by atoms with van der Waals surface area (Å²) in [6.07, 6.45) is 2.00. The van der Waals surface area contributed by atoms with Gasteiger partial charge in [-0.05, 0) is 37.1 Å². The molecule has 0 unspecified atom stereocenters. The highest BCUT2D eigenvalue weighted by atomic mass is 14.7. The van der Waals surface area contributed by atoms with Gasteiger partial charge in [-0.25, -0.2) is 0 Å². The fraction of sp³-hybridized carbons (Fsp3) is 0.333. The lowest BCUT2D eigenvalue weighted by Gasteiger charge is -2.02. The van der Waals surface area contributed by atoms with E-state index in [0.717, 1.165) is 0 Å². The fourth-order valence-electron chi connectivity index (χ4n) is 3.01. The number of fused-ring (bicyclic) bond motifs is 2. The number of para-hydroxylation sites is 1. The summed E-state index contributed by atoms with van der Waals surface area (Å²) in [4.78, 5) is 6.93. The minimum Gasteiger partial charge on any atom is -0.361 e. The highest BCUT2D eigenvalue weighted by molar-refractivity contribution is 5.99. The normalized spacial score (nSPS) is 9.54. The topological polar surface area (TPSA) is 31.6 Å². The molecule has 140 valence electrons. The number of aromatic nitrogens is 2. The summed E-state index contributed by atoms with van der Waals surface area (Å²) >= 11 is 0. The third kappa shape index (κ3) is 4.19. The van der Waals surface area contributed by atoms with E-state index in [0.29, 0.717) is 0 Å². The Morgan fingerprint density at radius 1 is 0.769 bits per heavy atom. The van der Waals surface area contributed by atoms with Gasteiger partial charge in [-0.3, -0.25) is 0 Å². The zero-order valence-corrected chi connectivity index (χ0v) is 17.6. The molecule has 0 spiro atoms. The van der Waals surface area contributed by atoms with Crippen LogP contribution in [0.4, 0.5) is 0 Å². The van der Waals surface area contributed by atoms with Gasteiger partial charge in [0, 0.05) is 28.0 Å². The average Bonchev–Trinajstić information content (AvgIpc) is 3.31. The molecular weight excluding hydrogens is 316 g/mol. The number of nitrogens with one attached hydrogen (secondary N) is 2. The SMILES string of the molecule is CC.CC.CC.Cc1ccc2c(C)c(-c3cccc4cc[nH]c34)[nH]c2c1. The van der Waals surface area contributed by atoms with E-state index in [4.69, 9.17) is 0 Å². The van der Waals surface area contributed by atoms with Crippen LogP contribution in [0.15, 0.2) is 48.7 Å². The molecule has 2 heteroatoms. The zero-order valence-electron chi connectivity index (χ0n) is 17.6. The first-order valence-electron chi connectivity index (χ1n) is 9.89. The molecule has 4 rings (SSSR count). The minimum absolute atomic E-state index is 1.19. The van der Waals surface area contributed by atoms with E-state index in [9.17, 15) is 0 Å². The van der Waals surface area contributed by atoms with Crippen molar-refractivity contribution in [2.75, 3.05) is 0 Å². The summed E-state index contributed by atoms with van der Waals surface area (Å²) in [6, 6.07) is 15.1. The van der Waals surface area contributed by atoms with E-state index in [1.165, 1.54) is 44.2 Å². The van der Waals surface area contributed by atoms with Crippen LogP contribution in [-0.2, 0) is 0 Å². The van der Waals surface area contributed by atoms with Crippen molar-refractivity contribution in [3.63, 3.8) is 0 Å². The van der Waals surface area contributed by atoms with Crippen LogP contribution in [0.2, 0.25) is 0 Å². The number of aromatic amines is 2. The molecule has 0 saturated heterocycles. The third-order valence-corrected chi connectivity index (χ3v) is 4.07. The summed E-state index contributed by atoms with van der Waals surface area (Å²) in [7, 11) is 0. The van der Waals surface area contributed by atoms with Crippen LogP contribution >= 0.6 is 0 Å². The molecule has 2 N–H and O–H groups in total. The molecular formula is C24H34N2. The van der Waals surface area contributed by atoms with Gasteiger partial charge in [0.05, 0.1) is 11.2 Å². The van der Waals surface area contributed by atoms with Crippen molar-refractivity contribution in [3.05, 3.63) is 59.8 Å². The Labute approximate surface area is 158 Å². The Morgan fingerprint density at radius 3 is 2.15 bits per heavy atom. The molecule has 4 aromatic rings. The van der Waals surface area contributed by atoms with Gasteiger partial charge in [-0.1, -0.05) is 71.9 Å². The number of hydrogen-bond acceptors (Lipinski definition) is 0. The summed E-state index contributed by atoms with van der Waals surface area (Å²) < 4.78 is 0. The van der Waals surface area contributed by atoms with Gasteiger partial charge in [-0.2, -0.15) is 0 Å². The second-order valence-corrected chi connectivity index (χ2v) is 5.42. The first kappa shape index (κ1) is 21.6. The van der Waals surface area contributed by atoms with Crippen LogP contribution in [-0.4, -0.2) is 9.97 Å². The lowest BCUT2D eigenvalue weighted by atomic mass is 10.0. The van der Waals surface area contributed by atoms with E-state index < -0.39 is 0 Å². The van der Waals surface area contributed by atoms with Crippen molar-refractivity contribution < 1.29 is 0 Å². The number of hydrogen-bond donors (Lipinski definition) is 2. The van der Waals surface area contributed by atoms with Crippen molar-refractivity contribution in [2.24, 2.45) is 0 Å². The van der Waals surface area contributed by atoms with E-state index in [1.807, 2.05) is 47.7 Å². The Morgan fingerprint density at radius 2 is 1.46 bits per heavy atom. The summed E-state index contributed by atoms with van der Waals surface area (Å²) in [5.74, 6) is 0. The van der Waals surface area contributed by atoms with E-state index in [-0.39, 0.29) is 0 Å². The smallest absolute Gasteiger partial charge is 0.0548 e. The maximum Gasteiger partial charge on any atom is 0.0548 e. The molecule has 0 saturated carbocycles. The monoisotopic (exact) mass is 350 g/mol. The standard InChI is InChI=1S/C18H16N2.3C2H6/c1-11-6-7-14-12(2)17(20-16(14)10-11)15-5-3-4-13-8-9-19-18(13)15;3*1-2/h3-10,19-20H,1-2H3;3*1-2H3. The van der Waals surface area contributed by atoms with E-state index >= 15 is 0 Å². The molecule has 0 atom stereocenters. The number of benzene rings is 2. The minimum atomic E-state index is 1.19. The number of aryl methyl sites for hydroxylation is 2. The van der Waals surface area contributed by atoms with Gasteiger partial charge in [0.15, 0.2) is 0 Å². The predicted molar refractivity (Wildman–Crippen MR) is 119 cm³/mol. The molecule has 2 aromatic heterocycles. The summed E-state index contributed by atoms with van der Waals surface area (Å²) in [5.41, 5.74) is 7.43. The molecule has 0 aliphatic carbocycles. The van der Waals surface area contributed by atoms with Crippen LogP contribution in [0, 0.1) is 13.8 Å². The Kier molecular flexibility index (Phi) is 8.71. The molecule has 0 fully saturated rings. The second kappa shape index (κ2) is 10.5. The maximum absolute atomic E-state index is 3.58. The van der Waals surface area contributed by atoms with Gasteiger partial charge >= 0.3 is 0 Å². The van der Waals surface area contributed by atoms with Crippen molar-refractivity contribution in [1.29, 1.82) is 0 Å². The molecule has 0 amide bonds. The van der Waals surface area contributed by atoms with E-state index in [2.05, 4.69) is 66.3 Å². The van der Waals surface area contributed by atoms with Gasteiger partial charge in [0.1, 0.15) is 0 Å². The van der Waals surface area contributed by atoms with Gasteiger partial charge in [0.25, 0.3) is 0 Å². The lowest BCUT2D eigenvalue weighted by molar-refractivity contribution is 1.39. The molecule has 0 bridgehead atoms. The lowest BCUT2D eigenvalue weighted by Crippen LogP contribution is -1.82. The third-order valence-electron chi connectivity index (χ3n) is 4.07. The summed E-state index contributed by atoms with van der Waals surface area (Å²) in [6.45, 7) is 16.3. The van der Waals surface area contributed by atoms with Gasteiger partial charge in [0.2, 0.25) is 0 Å². The number of H-pyrrole nitrogens is 2. The molecule has 2 heterocycles. The Bertz CT molecular complexity index is 926. The number of rotatable bonds is 1. The second-order valence-electron chi connectivity index (χ2n) is 5.42. The fourth-order valence-corrected chi connectivity index (χ4v) is 3.01. The molecule has 0 radical (unpaired) electrons. The van der Waals surface area contributed by atoms with Crippen molar-refractivity contribution in [1.82, 2.24) is 9.97 Å². The zero-order chi connectivity index (χ0) is 19.7. The van der Waals surface area contributed by atoms with Crippen LogP contribution in [0.25, 0.3) is 33.1 Å². The van der Waals surface area contributed by atoms with Crippen LogP contribution in [0.3, 0.4) is 0 Å². The molecule has 2 aromatic carbocycles. The van der Waals surface area contributed by atoms with Gasteiger partial charge in [-0.15, -0.1) is 0 Å². The highest BCUT2D eigenvalue weighted by Crippen LogP contribution is 2.33. The van der Waals surface area contributed by atoms with Crippen LogP contribution in [0.5, 0.6) is 0 Å². The molecule has 26 heavy (non-hydrogen) atoms. The van der Waals surface area contributed by atoms with Crippen molar-refractivity contribution in [2.45, 2.75) is 55.4 Å². The molecule has 0 aliphatic rings. The Hall–Kier alpha value is -2.48. The highest BCUT2D eigenvalue weighted by Gasteiger charge is 2.12. The average molecular weight is 351 g/mol. The predicted octanol–water partition coefficient (Wildman–Crippen LogP) is 8.01. The maximum atomic E-state index is 3.58. The molecule has 0 aliphatic heterocycles. The van der Waals surface area contributed by atoms with Crippen molar-refractivity contribution in [3.8, 4) is 11.3 Å². The quantitative estimate of drug-likeness (QED) is 0.348. The summed E-state index contributed by atoms with van der Waals surface area (Å²) in [5, 5.41) is 2.55. The van der Waals surface area contributed by atoms with E-state index in [1.54, 1.807) is 0 Å². The first-order valence-corrected chi connectivity index (χ1v) is 9.89.